The van der Waals surface area contributed by atoms with E-state index in [9.17, 15) is 14.4 Å². The Morgan fingerprint density at radius 1 is 1.03 bits per heavy atom. The molecule has 3 rings (SSSR count). The minimum atomic E-state index is -0.929. The van der Waals surface area contributed by atoms with E-state index in [1.165, 1.54) is 11.7 Å². The molecule has 0 unspecified atom stereocenters. The minimum Gasteiger partial charge on any atom is -0.467 e. The van der Waals surface area contributed by atoms with Crippen LogP contribution in [0.3, 0.4) is 0 Å². The molecule has 0 spiro atoms. The van der Waals surface area contributed by atoms with E-state index in [-0.39, 0.29) is 12.3 Å². The number of aromatic nitrogens is 1. The van der Waals surface area contributed by atoms with Crippen molar-refractivity contribution in [1.82, 2.24) is 9.88 Å². The van der Waals surface area contributed by atoms with E-state index in [0.717, 1.165) is 16.5 Å². The Bertz CT molecular complexity index is 1180. The fourth-order valence-electron chi connectivity index (χ4n) is 3.78. The van der Waals surface area contributed by atoms with E-state index in [4.69, 9.17) is 9.47 Å². The van der Waals surface area contributed by atoms with Crippen molar-refractivity contribution in [1.29, 1.82) is 0 Å². The van der Waals surface area contributed by atoms with Crippen molar-refractivity contribution >= 4 is 28.9 Å². The van der Waals surface area contributed by atoms with Crippen LogP contribution in [0.25, 0.3) is 10.9 Å². The number of hydrogen-bond donors (Lipinski definition) is 1. The molecule has 0 saturated heterocycles. The molecule has 0 fully saturated rings. The molecule has 0 bridgehead atoms. The number of rotatable bonds is 5. The van der Waals surface area contributed by atoms with Gasteiger partial charge in [0, 0.05) is 23.6 Å². The van der Waals surface area contributed by atoms with Crippen LogP contribution in [0, 0.1) is 13.8 Å². The zero-order valence-corrected chi connectivity index (χ0v) is 19.9. The summed E-state index contributed by atoms with van der Waals surface area (Å²) < 4.78 is 11.9. The van der Waals surface area contributed by atoms with E-state index in [1.54, 1.807) is 39.1 Å². The normalized spacial score (nSPS) is 12.3. The lowest BCUT2D eigenvalue weighted by atomic mass is 10.0. The number of esters is 1. The highest BCUT2D eigenvalue weighted by molar-refractivity contribution is 5.97. The summed E-state index contributed by atoms with van der Waals surface area (Å²) in [4.78, 5) is 38.2. The lowest BCUT2D eigenvalue weighted by Crippen LogP contribution is -2.43. The van der Waals surface area contributed by atoms with Crippen LogP contribution < -0.4 is 5.32 Å². The first-order valence-corrected chi connectivity index (χ1v) is 10.8. The molecule has 1 heterocycles. The van der Waals surface area contributed by atoms with Gasteiger partial charge in [-0.3, -0.25) is 9.36 Å². The molecule has 7 heteroatoms. The molecule has 2 aromatic carbocycles. The van der Waals surface area contributed by atoms with Gasteiger partial charge < -0.3 is 14.8 Å². The molecule has 7 nitrogen and oxygen atoms in total. The maximum atomic E-state index is 12.9. The Labute approximate surface area is 193 Å². The molecule has 0 radical (unpaired) electrons. The highest BCUT2D eigenvalue weighted by Crippen LogP contribution is 2.24. The zero-order chi connectivity index (χ0) is 24.3. The fraction of sp³-hybridized carbons (Fsp3) is 0.346. The zero-order valence-electron chi connectivity index (χ0n) is 19.9. The van der Waals surface area contributed by atoms with E-state index >= 15 is 0 Å². The van der Waals surface area contributed by atoms with E-state index in [1.807, 2.05) is 44.2 Å². The average molecular weight is 451 g/mol. The molecular weight excluding hydrogens is 420 g/mol. The summed E-state index contributed by atoms with van der Waals surface area (Å²) in [7, 11) is 1.28. The maximum absolute atomic E-state index is 12.9. The van der Waals surface area contributed by atoms with Crippen LogP contribution in [0.4, 0.5) is 4.79 Å². The van der Waals surface area contributed by atoms with Crippen LogP contribution in [-0.2, 0) is 20.7 Å². The van der Waals surface area contributed by atoms with Crippen molar-refractivity contribution in [3.8, 4) is 0 Å². The Morgan fingerprint density at radius 3 is 2.27 bits per heavy atom. The second-order valence-corrected chi connectivity index (χ2v) is 9.15. The van der Waals surface area contributed by atoms with Gasteiger partial charge in [0.2, 0.25) is 0 Å². The third kappa shape index (κ3) is 5.80. The van der Waals surface area contributed by atoms with Crippen molar-refractivity contribution in [2.45, 2.75) is 52.7 Å². The smallest absolute Gasteiger partial charge is 0.419 e. The first-order chi connectivity index (χ1) is 15.5. The number of carbonyl (C=O) groups excluding carboxylic acids is 3. The first-order valence-electron chi connectivity index (χ1n) is 10.8. The summed E-state index contributed by atoms with van der Waals surface area (Å²) in [5, 5.41) is 3.58. The minimum absolute atomic E-state index is 0.152. The average Bonchev–Trinajstić information content (AvgIpc) is 3.09. The van der Waals surface area contributed by atoms with Gasteiger partial charge in [-0.15, -0.1) is 0 Å². The Morgan fingerprint density at radius 2 is 1.67 bits per heavy atom. The van der Waals surface area contributed by atoms with Crippen LogP contribution in [0.1, 0.15) is 47.8 Å². The number of hydrogen-bond acceptors (Lipinski definition) is 5. The number of para-hydroxylation sites is 1. The predicted molar refractivity (Wildman–Crippen MR) is 126 cm³/mol. The van der Waals surface area contributed by atoms with Crippen LogP contribution in [0.15, 0.2) is 48.7 Å². The number of fused-ring (bicyclic) bond motifs is 1. The topological polar surface area (TPSA) is 86.6 Å². The number of methoxy groups -OCH3 is 1. The van der Waals surface area contributed by atoms with Crippen LogP contribution in [-0.4, -0.2) is 41.3 Å². The first kappa shape index (κ1) is 24.0. The molecular formula is C26H30N2O5. The molecule has 1 aromatic heterocycles. The largest absolute Gasteiger partial charge is 0.467 e. The molecule has 1 N–H and O–H groups in total. The Kier molecular flexibility index (Phi) is 6.91. The van der Waals surface area contributed by atoms with Gasteiger partial charge in [0.15, 0.2) is 0 Å². The number of carbonyl (C=O) groups is 3. The molecule has 0 aliphatic carbocycles. The highest BCUT2D eigenvalue weighted by Gasteiger charge is 2.26. The summed E-state index contributed by atoms with van der Waals surface area (Å²) in [6.07, 6.45) is 1.29. The summed E-state index contributed by atoms with van der Waals surface area (Å²) in [5.74, 6) is -0.935. The van der Waals surface area contributed by atoms with Gasteiger partial charge in [0.1, 0.15) is 11.6 Å². The van der Waals surface area contributed by atoms with Crippen LogP contribution in [0.5, 0.6) is 0 Å². The standard InChI is InChI=1S/C26H30N2O5/c1-16-11-17(2)13-18(12-16)23(29)27-21(24(30)32-6)14-19-15-28(25(31)33-26(3,4)5)22-10-8-7-9-20(19)22/h7-13,15,21H,14H2,1-6H3,(H,27,29)/t21-/m0/s1. The van der Waals surface area contributed by atoms with Gasteiger partial charge in [-0.25, -0.2) is 9.59 Å². The summed E-state index contributed by atoms with van der Waals surface area (Å²) in [5.41, 5.74) is 3.10. The van der Waals surface area contributed by atoms with Gasteiger partial charge in [0.05, 0.1) is 12.6 Å². The van der Waals surface area contributed by atoms with Crippen molar-refractivity contribution in [2.24, 2.45) is 0 Å². The van der Waals surface area contributed by atoms with Crippen molar-refractivity contribution < 1.29 is 23.9 Å². The number of aryl methyl sites for hydroxylation is 2. The number of benzene rings is 2. The van der Waals surface area contributed by atoms with Gasteiger partial charge in [-0.05, 0) is 58.4 Å². The summed E-state index contributed by atoms with van der Waals surface area (Å²) >= 11 is 0. The molecule has 0 aliphatic heterocycles. The molecule has 3 aromatic rings. The molecule has 1 amide bonds. The second kappa shape index (κ2) is 9.48. The number of ether oxygens (including phenoxy) is 2. The maximum Gasteiger partial charge on any atom is 0.419 e. The number of amides is 1. The van der Waals surface area contributed by atoms with Gasteiger partial charge in [-0.1, -0.05) is 35.4 Å². The van der Waals surface area contributed by atoms with Crippen molar-refractivity contribution in [3.63, 3.8) is 0 Å². The molecule has 0 aliphatic rings. The van der Waals surface area contributed by atoms with Crippen LogP contribution >= 0.6 is 0 Å². The van der Waals surface area contributed by atoms with E-state index < -0.39 is 23.7 Å². The van der Waals surface area contributed by atoms with Gasteiger partial charge in [-0.2, -0.15) is 0 Å². The SMILES string of the molecule is COC(=O)[C@H](Cc1cn(C(=O)OC(C)(C)C)c2ccccc12)NC(=O)c1cc(C)cc(C)c1. The van der Waals surface area contributed by atoms with E-state index in [2.05, 4.69) is 5.32 Å². The third-order valence-corrected chi connectivity index (χ3v) is 5.08. The van der Waals surface area contributed by atoms with Gasteiger partial charge in [0.25, 0.3) is 5.91 Å². The Hall–Kier alpha value is -3.61. The lowest BCUT2D eigenvalue weighted by molar-refractivity contribution is -0.142. The summed E-state index contributed by atoms with van der Waals surface area (Å²) in [6.45, 7) is 9.22. The monoisotopic (exact) mass is 450 g/mol. The molecule has 0 saturated carbocycles. The predicted octanol–water partition coefficient (Wildman–Crippen LogP) is 4.56. The third-order valence-electron chi connectivity index (χ3n) is 5.08. The number of nitrogens with one attached hydrogen (secondary N) is 1. The van der Waals surface area contributed by atoms with Crippen molar-refractivity contribution in [3.05, 3.63) is 70.9 Å². The van der Waals surface area contributed by atoms with E-state index in [0.29, 0.717) is 16.6 Å². The molecule has 33 heavy (non-hydrogen) atoms. The van der Waals surface area contributed by atoms with Crippen molar-refractivity contribution in [2.75, 3.05) is 7.11 Å². The summed E-state index contributed by atoms with van der Waals surface area (Å²) in [6, 6.07) is 11.9. The molecule has 1 atom stereocenters. The van der Waals surface area contributed by atoms with Crippen LogP contribution in [0.2, 0.25) is 0 Å². The number of nitrogens with zero attached hydrogens (tertiary/aromatic N) is 1. The Balaban J connectivity index is 1.93. The lowest BCUT2D eigenvalue weighted by Gasteiger charge is -2.19. The quantitative estimate of drug-likeness (QED) is 0.576. The van der Waals surface area contributed by atoms with Gasteiger partial charge >= 0.3 is 12.1 Å². The fourth-order valence-corrected chi connectivity index (χ4v) is 3.78. The molecule has 174 valence electrons. The second-order valence-electron chi connectivity index (χ2n) is 9.15. The highest BCUT2D eigenvalue weighted by atomic mass is 16.6.